The quantitative estimate of drug-likeness (QED) is 0.693. The molecule has 0 aliphatic heterocycles. The van der Waals surface area contributed by atoms with Gasteiger partial charge in [0.25, 0.3) is 10.0 Å². The molecule has 2 rings (SSSR count). The van der Waals surface area contributed by atoms with E-state index in [1.165, 1.54) is 43.3 Å². The van der Waals surface area contributed by atoms with Gasteiger partial charge in [-0.05, 0) is 36.4 Å². The first-order valence-corrected chi connectivity index (χ1v) is 7.32. The summed E-state index contributed by atoms with van der Waals surface area (Å²) in [4.78, 5) is 11.0. The van der Waals surface area contributed by atoms with Crippen LogP contribution in [-0.4, -0.2) is 14.4 Å². The molecule has 0 aliphatic carbocycles. The molecule has 0 unspecified atom stereocenters. The Labute approximate surface area is 117 Å². The summed E-state index contributed by atoms with van der Waals surface area (Å²) < 4.78 is 31.5. The Morgan fingerprint density at radius 3 is 2.15 bits per heavy atom. The van der Waals surface area contributed by atoms with Crippen LogP contribution in [0.25, 0.3) is 0 Å². The highest BCUT2D eigenvalue weighted by atomic mass is 32.2. The van der Waals surface area contributed by atoms with Crippen molar-refractivity contribution in [3.8, 4) is 5.75 Å². The number of anilines is 1. The summed E-state index contributed by atoms with van der Waals surface area (Å²) >= 11 is 0. The summed E-state index contributed by atoms with van der Waals surface area (Å²) in [7, 11) is -3.61. The van der Waals surface area contributed by atoms with Crippen molar-refractivity contribution >= 4 is 21.7 Å². The van der Waals surface area contributed by atoms with Gasteiger partial charge in [0.05, 0.1) is 4.90 Å². The highest BCUT2D eigenvalue weighted by molar-refractivity contribution is 7.92. The molecule has 0 saturated heterocycles. The van der Waals surface area contributed by atoms with Crippen LogP contribution < -0.4 is 9.46 Å². The number of benzene rings is 2. The molecular weight excluding hydrogens is 278 g/mol. The molecule has 0 bridgehead atoms. The van der Waals surface area contributed by atoms with E-state index in [9.17, 15) is 13.2 Å². The normalized spacial score (nSPS) is 10.8. The number of hydrogen-bond acceptors (Lipinski definition) is 4. The van der Waals surface area contributed by atoms with E-state index in [2.05, 4.69) is 4.72 Å². The maximum Gasteiger partial charge on any atom is 0.308 e. The van der Waals surface area contributed by atoms with Gasteiger partial charge in [0.1, 0.15) is 5.75 Å². The Bertz CT molecular complexity index is 694. The van der Waals surface area contributed by atoms with E-state index in [1.54, 1.807) is 18.2 Å². The van der Waals surface area contributed by atoms with Gasteiger partial charge in [-0.25, -0.2) is 8.42 Å². The fraction of sp³-hybridized carbons (Fsp3) is 0.0714. The molecule has 0 aliphatic rings. The molecule has 20 heavy (non-hydrogen) atoms. The second-order valence-corrected chi connectivity index (χ2v) is 5.72. The second kappa shape index (κ2) is 5.75. The van der Waals surface area contributed by atoms with Gasteiger partial charge in [0, 0.05) is 12.6 Å². The first kappa shape index (κ1) is 14.1. The van der Waals surface area contributed by atoms with E-state index >= 15 is 0 Å². The largest absolute Gasteiger partial charge is 0.427 e. The van der Waals surface area contributed by atoms with Gasteiger partial charge >= 0.3 is 5.97 Å². The summed E-state index contributed by atoms with van der Waals surface area (Å²) in [6.07, 6.45) is 0. The Kier molecular flexibility index (Phi) is 4.05. The van der Waals surface area contributed by atoms with Gasteiger partial charge in [-0.2, -0.15) is 0 Å². The highest BCUT2D eigenvalue weighted by Crippen LogP contribution is 2.19. The van der Waals surface area contributed by atoms with Gasteiger partial charge in [-0.15, -0.1) is 0 Å². The number of rotatable bonds is 4. The molecule has 6 heteroatoms. The lowest BCUT2D eigenvalue weighted by Gasteiger charge is -2.08. The van der Waals surface area contributed by atoms with Crippen LogP contribution in [-0.2, 0) is 14.8 Å². The standard InChI is InChI=1S/C14H13NO4S/c1-11(16)19-13-9-7-12(8-10-13)15-20(17,18)14-5-3-2-4-6-14/h2-10,15H,1H3. The number of carbonyl (C=O) groups excluding carboxylic acids is 1. The predicted molar refractivity (Wildman–Crippen MR) is 75.0 cm³/mol. The molecule has 0 saturated carbocycles. The lowest BCUT2D eigenvalue weighted by atomic mass is 10.3. The summed E-state index contributed by atoms with van der Waals surface area (Å²) in [5.74, 6) is -0.0669. The number of carbonyl (C=O) groups is 1. The topological polar surface area (TPSA) is 72.5 Å². The minimum atomic E-state index is -3.61. The minimum absolute atomic E-state index is 0.184. The maximum absolute atomic E-state index is 12.1. The van der Waals surface area contributed by atoms with Crippen molar-refractivity contribution in [1.82, 2.24) is 0 Å². The molecule has 0 aromatic heterocycles. The number of hydrogen-bond donors (Lipinski definition) is 1. The average molecular weight is 291 g/mol. The molecular formula is C14H13NO4S. The van der Waals surface area contributed by atoms with Crippen molar-refractivity contribution in [2.75, 3.05) is 4.72 Å². The SMILES string of the molecule is CC(=O)Oc1ccc(NS(=O)(=O)c2ccccc2)cc1. The zero-order valence-corrected chi connectivity index (χ0v) is 11.6. The zero-order valence-electron chi connectivity index (χ0n) is 10.7. The third-order valence-corrected chi connectivity index (χ3v) is 3.82. The summed E-state index contributed by atoms with van der Waals surface area (Å²) in [6, 6.07) is 14.2. The molecule has 0 radical (unpaired) electrons. The van der Waals surface area contributed by atoms with Crippen LogP contribution in [0.2, 0.25) is 0 Å². The van der Waals surface area contributed by atoms with Crippen LogP contribution in [0.4, 0.5) is 5.69 Å². The van der Waals surface area contributed by atoms with E-state index in [0.29, 0.717) is 11.4 Å². The zero-order chi connectivity index (χ0) is 14.6. The molecule has 0 amide bonds. The number of nitrogens with one attached hydrogen (secondary N) is 1. The highest BCUT2D eigenvalue weighted by Gasteiger charge is 2.13. The fourth-order valence-electron chi connectivity index (χ4n) is 1.57. The van der Waals surface area contributed by atoms with Crippen LogP contribution in [0.3, 0.4) is 0 Å². The second-order valence-electron chi connectivity index (χ2n) is 4.04. The van der Waals surface area contributed by atoms with Crippen LogP contribution in [0.1, 0.15) is 6.92 Å². The number of sulfonamides is 1. The van der Waals surface area contributed by atoms with Crippen molar-refractivity contribution < 1.29 is 17.9 Å². The molecule has 2 aromatic carbocycles. The van der Waals surface area contributed by atoms with Crippen molar-refractivity contribution in [3.63, 3.8) is 0 Å². The van der Waals surface area contributed by atoms with Gasteiger partial charge in [0.2, 0.25) is 0 Å². The third-order valence-electron chi connectivity index (χ3n) is 2.42. The first-order valence-electron chi connectivity index (χ1n) is 5.84. The summed E-state index contributed by atoms with van der Waals surface area (Å²) in [6.45, 7) is 1.30. The molecule has 1 N–H and O–H groups in total. The van der Waals surface area contributed by atoms with Gasteiger partial charge in [0.15, 0.2) is 0 Å². The fourth-order valence-corrected chi connectivity index (χ4v) is 2.65. The van der Waals surface area contributed by atoms with Crippen molar-refractivity contribution in [3.05, 3.63) is 54.6 Å². The Hall–Kier alpha value is -2.34. The van der Waals surface area contributed by atoms with Crippen molar-refractivity contribution in [1.29, 1.82) is 0 Å². The lowest BCUT2D eigenvalue weighted by molar-refractivity contribution is -0.131. The predicted octanol–water partition coefficient (Wildman–Crippen LogP) is 2.41. The molecule has 5 nitrogen and oxygen atoms in total. The summed E-state index contributed by atoms with van der Waals surface area (Å²) in [5.41, 5.74) is 0.393. The van der Waals surface area contributed by atoms with Crippen molar-refractivity contribution in [2.24, 2.45) is 0 Å². The molecule has 0 fully saturated rings. The van der Waals surface area contributed by atoms with Crippen LogP contribution in [0.5, 0.6) is 5.75 Å². The van der Waals surface area contributed by atoms with Crippen LogP contribution >= 0.6 is 0 Å². The Balaban J connectivity index is 2.16. The van der Waals surface area contributed by atoms with Crippen LogP contribution in [0, 0.1) is 0 Å². The third kappa shape index (κ3) is 3.58. The minimum Gasteiger partial charge on any atom is -0.427 e. The monoisotopic (exact) mass is 291 g/mol. The number of ether oxygens (including phenoxy) is 1. The Morgan fingerprint density at radius 1 is 1.00 bits per heavy atom. The Morgan fingerprint density at radius 2 is 1.60 bits per heavy atom. The van der Waals surface area contributed by atoms with Gasteiger partial charge < -0.3 is 4.74 Å². The van der Waals surface area contributed by atoms with Gasteiger partial charge in [-0.1, -0.05) is 18.2 Å². The smallest absolute Gasteiger partial charge is 0.308 e. The molecule has 0 spiro atoms. The van der Waals surface area contributed by atoms with E-state index in [4.69, 9.17) is 4.74 Å². The summed E-state index contributed by atoms with van der Waals surface area (Å²) in [5, 5.41) is 0. The van der Waals surface area contributed by atoms with Crippen molar-refractivity contribution in [2.45, 2.75) is 11.8 Å². The van der Waals surface area contributed by atoms with E-state index in [0.717, 1.165) is 0 Å². The van der Waals surface area contributed by atoms with E-state index in [1.807, 2.05) is 0 Å². The molecule has 104 valence electrons. The number of esters is 1. The van der Waals surface area contributed by atoms with E-state index < -0.39 is 16.0 Å². The van der Waals surface area contributed by atoms with E-state index in [-0.39, 0.29) is 4.90 Å². The molecule has 0 heterocycles. The van der Waals surface area contributed by atoms with Crippen LogP contribution in [0.15, 0.2) is 59.5 Å². The van der Waals surface area contributed by atoms with Gasteiger partial charge in [-0.3, -0.25) is 9.52 Å². The molecule has 0 atom stereocenters. The molecule has 2 aromatic rings. The average Bonchev–Trinajstić information content (AvgIpc) is 2.41. The first-order chi connectivity index (χ1) is 9.47. The lowest BCUT2D eigenvalue weighted by Crippen LogP contribution is -2.12. The maximum atomic E-state index is 12.1.